The maximum Gasteiger partial charge on any atom is 0.416 e. The molecule has 1 N–H and O–H groups in total. The van der Waals surface area contributed by atoms with Crippen LogP contribution in [0.3, 0.4) is 0 Å². The van der Waals surface area contributed by atoms with Crippen LogP contribution in [0, 0.1) is 23.2 Å². The van der Waals surface area contributed by atoms with Crippen molar-refractivity contribution < 1.29 is 40.7 Å². The first-order valence-electron chi connectivity index (χ1n) is 10.1. The Hall–Kier alpha value is -2.26. The monoisotopic (exact) mass is 449 g/mol. The van der Waals surface area contributed by atoms with Crippen LogP contribution in [0.15, 0.2) is 18.2 Å². The molecule has 4 aliphatic rings. The van der Waals surface area contributed by atoms with Crippen LogP contribution in [0.1, 0.15) is 49.7 Å². The summed E-state index contributed by atoms with van der Waals surface area (Å²) in [6.45, 7) is -0.766. The Morgan fingerprint density at radius 1 is 0.871 bits per heavy atom. The van der Waals surface area contributed by atoms with Gasteiger partial charge in [0.25, 0.3) is 5.91 Å². The number of benzene rings is 1. The minimum Gasteiger partial charge on any atom is -0.455 e. The summed E-state index contributed by atoms with van der Waals surface area (Å²) in [7, 11) is 0. The number of rotatable bonds is 4. The highest BCUT2D eigenvalue weighted by Gasteiger charge is 2.55. The molecule has 4 fully saturated rings. The van der Waals surface area contributed by atoms with Crippen molar-refractivity contribution in [3.63, 3.8) is 0 Å². The second-order valence-corrected chi connectivity index (χ2v) is 9.12. The first kappa shape index (κ1) is 22.0. The molecule has 0 heterocycles. The van der Waals surface area contributed by atoms with E-state index in [-0.39, 0.29) is 6.07 Å². The van der Waals surface area contributed by atoms with Gasteiger partial charge in [0.05, 0.1) is 16.5 Å². The van der Waals surface area contributed by atoms with Crippen molar-refractivity contribution in [2.24, 2.45) is 23.2 Å². The van der Waals surface area contributed by atoms with Crippen molar-refractivity contribution in [1.82, 2.24) is 0 Å². The van der Waals surface area contributed by atoms with E-state index < -0.39 is 53.1 Å². The summed E-state index contributed by atoms with van der Waals surface area (Å²) in [5.74, 6) is -0.0807. The number of ether oxygens (including phenoxy) is 1. The molecular formula is C21H21F6NO3. The van der Waals surface area contributed by atoms with E-state index >= 15 is 0 Å². The van der Waals surface area contributed by atoms with Gasteiger partial charge < -0.3 is 10.1 Å². The molecule has 4 bridgehead atoms. The van der Waals surface area contributed by atoms with Crippen LogP contribution in [-0.2, 0) is 26.7 Å². The molecule has 1 aromatic carbocycles. The Morgan fingerprint density at radius 2 is 1.32 bits per heavy atom. The van der Waals surface area contributed by atoms with Crippen LogP contribution in [0.2, 0.25) is 0 Å². The van der Waals surface area contributed by atoms with Gasteiger partial charge in [0.15, 0.2) is 6.61 Å². The first-order valence-corrected chi connectivity index (χ1v) is 10.1. The summed E-state index contributed by atoms with van der Waals surface area (Å²) in [6, 6.07) is 0.796. The lowest BCUT2D eigenvalue weighted by atomic mass is 9.49. The van der Waals surface area contributed by atoms with Gasteiger partial charge in [-0.25, -0.2) is 0 Å². The van der Waals surface area contributed by atoms with Gasteiger partial charge >= 0.3 is 18.3 Å². The lowest BCUT2D eigenvalue weighted by molar-refractivity contribution is -0.172. The standard InChI is InChI=1S/C21H21F6NO3/c22-20(23,24)14-4-15(21(25,26)27)6-16(5-14)28-17(29)10-31-18(30)19-7-11-1-12(8-19)3-13(2-11)9-19/h4-6,11-13H,1-3,7-10H2,(H,28,29). The van der Waals surface area contributed by atoms with E-state index in [1.165, 1.54) is 0 Å². The van der Waals surface area contributed by atoms with Gasteiger partial charge in [-0.3, -0.25) is 9.59 Å². The number of nitrogens with one attached hydrogen (secondary N) is 1. The summed E-state index contributed by atoms with van der Waals surface area (Å²) in [5, 5.41) is 1.98. The third-order valence-electron chi connectivity index (χ3n) is 6.68. The summed E-state index contributed by atoms with van der Waals surface area (Å²) < 4.78 is 82.8. The lowest BCUT2D eigenvalue weighted by Crippen LogP contribution is -2.50. The fourth-order valence-corrected chi connectivity index (χ4v) is 5.87. The molecule has 4 nitrogen and oxygen atoms in total. The number of anilines is 1. The molecule has 0 spiro atoms. The smallest absolute Gasteiger partial charge is 0.416 e. The number of halogens is 6. The number of hydrogen-bond acceptors (Lipinski definition) is 3. The van der Waals surface area contributed by atoms with Crippen molar-refractivity contribution in [3.05, 3.63) is 29.3 Å². The van der Waals surface area contributed by atoms with E-state index in [1.54, 1.807) is 0 Å². The Morgan fingerprint density at radius 3 is 1.74 bits per heavy atom. The molecule has 4 aliphatic carbocycles. The van der Waals surface area contributed by atoms with Gasteiger partial charge in [0.2, 0.25) is 0 Å². The number of carbonyl (C=O) groups excluding carboxylic acids is 2. The SMILES string of the molecule is O=C(COC(=O)C12CC3CC(CC(C3)C1)C2)Nc1cc(C(F)(F)F)cc(C(F)(F)F)c1. The Kier molecular flexibility index (Phi) is 5.25. The number of carbonyl (C=O) groups is 2. The predicted octanol–water partition coefficient (Wildman–Crippen LogP) is 5.42. The van der Waals surface area contributed by atoms with E-state index in [4.69, 9.17) is 4.74 Å². The van der Waals surface area contributed by atoms with Gasteiger partial charge in [-0.2, -0.15) is 26.3 Å². The summed E-state index contributed by atoms with van der Waals surface area (Å²) in [5.41, 5.74) is -4.36. The molecule has 5 rings (SSSR count). The molecule has 0 atom stereocenters. The molecule has 31 heavy (non-hydrogen) atoms. The Labute approximate surface area is 174 Å². The normalized spacial score (nSPS) is 29.7. The molecule has 4 saturated carbocycles. The maximum atomic E-state index is 12.9. The fraction of sp³-hybridized carbons (Fsp3) is 0.619. The average molecular weight is 449 g/mol. The van der Waals surface area contributed by atoms with E-state index in [2.05, 4.69) is 0 Å². The highest BCUT2D eigenvalue weighted by Crippen LogP contribution is 2.60. The van der Waals surface area contributed by atoms with Gasteiger partial charge in [-0.15, -0.1) is 0 Å². The highest BCUT2D eigenvalue weighted by atomic mass is 19.4. The van der Waals surface area contributed by atoms with Crippen molar-refractivity contribution in [1.29, 1.82) is 0 Å². The highest BCUT2D eigenvalue weighted by molar-refractivity contribution is 5.93. The van der Waals surface area contributed by atoms with Gasteiger partial charge in [-0.1, -0.05) is 0 Å². The largest absolute Gasteiger partial charge is 0.455 e. The van der Waals surface area contributed by atoms with E-state index in [1.807, 2.05) is 5.32 Å². The molecule has 0 saturated heterocycles. The third kappa shape index (κ3) is 4.52. The molecule has 1 amide bonds. The zero-order valence-electron chi connectivity index (χ0n) is 16.4. The molecule has 0 aromatic heterocycles. The summed E-state index contributed by atoms with van der Waals surface area (Å²) >= 11 is 0. The number of hydrogen-bond donors (Lipinski definition) is 1. The molecule has 1 aromatic rings. The zero-order valence-corrected chi connectivity index (χ0v) is 16.4. The van der Waals surface area contributed by atoms with E-state index in [0.717, 1.165) is 19.3 Å². The quantitative estimate of drug-likeness (QED) is 0.493. The first-order chi connectivity index (χ1) is 14.3. The van der Waals surface area contributed by atoms with Crippen LogP contribution in [-0.4, -0.2) is 18.5 Å². The van der Waals surface area contributed by atoms with Crippen LogP contribution < -0.4 is 5.32 Å². The number of alkyl halides is 6. The summed E-state index contributed by atoms with van der Waals surface area (Å²) in [6.07, 6.45) is -4.61. The fourth-order valence-electron chi connectivity index (χ4n) is 5.87. The Balaban J connectivity index is 1.42. The number of esters is 1. The van der Waals surface area contributed by atoms with Crippen molar-refractivity contribution in [3.8, 4) is 0 Å². The van der Waals surface area contributed by atoms with Gasteiger partial charge in [-0.05, 0) is 74.5 Å². The van der Waals surface area contributed by atoms with Gasteiger partial charge in [0.1, 0.15) is 0 Å². The van der Waals surface area contributed by atoms with E-state index in [0.29, 0.717) is 49.1 Å². The predicted molar refractivity (Wildman–Crippen MR) is 96.6 cm³/mol. The second-order valence-electron chi connectivity index (χ2n) is 9.12. The maximum absolute atomic E-state index is 12.9. The average Bonchev–Trinajstić information content (AvgIpc) is 2.63. The zero-order chi connectivity index (χ0) is 22.6. The molecule has 0 aliphatic heterocycles. The number of amides is 1. The summed E-state index contributed by atoms with van der Waals surface area (Å²) in [4.78, 5) is 24.8. The minimum atomic E-state index is -5.02. The molecule has 0 radical (unpaired) electrons. The lowest BCUT2D eigenvalue weighted by Gasteiger charge is -2.55. The van der Waals surface area contributed by atoms with Crippen molar-refractivity contribution >= 4 is 17.6 Å². The van der Waals surface area contributed by atoms with E-state index in [9.17, 15) is 35.9 Å². The van der Waals surface area contributed by atoms with Gasteiger partial charge in [0, 0.05) is 5.69 Å². The minimum absolute atomic E-state index is 0.0251. The third-order valence-corrected chi connectivity index (χ3v) is 6.68. The molecular weight excluding hydrogens is 428 g/mol. The molecule has 170 valence electrons. The Bertz CT molecular complexity index is 825. The van der Waals surface area contributed by atoms with Crippen molar-refractivity contribution in [2.45, 2.75) is 50.9 Å². The molecule has 10 heteroatoms. The van der Waals surface area contributed by atoms with Crippen LogP contribution >= 0.6 is 0 Å². The topological polar surface area (TPSA) is 55.4 Å². The van der Waals surface area contributed by atoms with Crippen molar-refractivity contribution in [2.75, 3.05) is 11.9 Å². The van der Waals surface area contributed by atoms with Crippen LogP contribution in [0.5, 0.6) is 0 Å². The molecule has 0 unspecified atom stereocenters. The van der Waals surface area contributed by atoms with Crippen LogP contribution in [0.25, 0.3) is 0 Å². The van der Waals surface area contributed by atoms with Crippen LogP contribution in [0.4, 0.5) is 32.0 Å². The second kappa shape index (κ2) is 7.41.